The second-order valence-corrected chi connectivity index (χ2v) is 4.35. The largest absolute Gasteiger partial charge is 0.324 e. The van der Waals surface area contributed by atoms with E-state index in [4.69, 9.17) is 17.3 Å². The first kappa shape index (κ1) is 10.8. The molecule has 1 aliphatic rings. The van der Waals surface area contributed by atoms with E-state index in [1.165, 1.54) is 0 Å². The van der Waals surface area contributed by atoms with Crippen molar-refractivity contribution >= 4 is 11.6 Å². The summed E-state index contributed by atoms with van der Waals surface area (Å²) in [6, 6.07) is 1.62. The summed E-state index contributed by atoms with van der Waals surface area (Å²) in [5.74, 6) is -0.887. The molecule has 1 aromatic carbocycles. The van der Waals surface area contributed by atoms with Crippen LogP contribution in [0.25, 0.3) is 0 Å². The van der Waals surface area contributed by atoms with Crippen LogP contribution in [0.5, 0.6) is 0 Å². The zero-order valence-electron chi connectivity index (χ0n) is 8.14. The zero-order chi connectivity index (χ0) is 11.0. The van der Waals surface area contributed by atoms with Gasteiger partial charge in [-0.05, 0) is 30.9 Å². The summed E-state index contributed by atoms with van der Waals surface area (Å²) in [4.78, 5) is 0. The molecule has 2 N–H and O–H groups in total. The molecule has 0 radical (unpaired) electrons. The molecule has 1 aliphatic carbocycles. The summed E-state index contributed by atoms with van der Waals surface area (Å²) in [7, 11) is 0. The molecule has 0 unspecified atom stereocenters. The molecule has 0 spiro atoms. The van der Waals surface area contributed by atoms with E-state index >= 15 is 0 Å². The van der Waals surface area contributed by atoms with Crippen LogP contribution < -0.4 is 5.73 Å². The van der Waals surface area contributed by atoms with E-state index < -0.39 is 17.7 Å². The van der Waals surface area contributed by atoms with Crippen LogP contribution in [0.4, 0.5) is 8.78 Å². The first-order valence-electron chi connectivity index (χ1n) is 5.00. The van der Waals surface area contributed by atoms with Gasteiger partial charge in [0.05, 0.1) is 5.02 Å². The lowest BCUT2D eigenvalue weighted by molar-refractivity contribution is 0.260. The molecule has 0 bridgehead atoms. The highest BCUT2D eigenvalue weighted by atomic mass is 35.5. The van der Waals surface area contributed by atoms with Gasteiger partial charge in [-0.15, -0.1) is 0 Å². The highest BCUT2D eigenvalue weighted by molar-refractivity contribution is 6.31. The Morgan fingerprint density at radius 2 is 1.87 bits per heavy atom. The summed E-state index contributed by atoms with van der Waals surface area (Å²) in [6.45, 7) is 0. The van der Waals surface area contributed by atoms with Crippen LogP contribution in [-0.4, -0.2) is 0 Å². The second kappa shape index (κ2) is 4.06. The number of halogens is 3. The van der Waals surface area contributed by atoms with Gasteiger partial charge in [0, 0.05) is 11.6 Å². The first-order valence-corrected chi connectivity index (χ1v) is 5.38. The minimum atomic E-state index is -0.608. The molecule has 0 amide bonds. The van der Waals surface area contributed by atoms with Crippen molar-refractivity contribution in [2.45, 2.75) is 25.3 Å². The van der Waals surface area contributed by atoms with E-state index in [1.807, 2.05) is 0 Å². The third-order valence-corrected chi connectivity index (χ3v) is 3.45. The number of hydrogen-bond donors (Lipinski definition) is 1. The van der Waals surface area contributed by atoms with Gasteiger partial charge in [0.1, 0.15) is 11.6 Å². The Labute approximate surface area is 92.2 Å². The molecular weight excluding hydrogens is 220 g/mol. The van der Waals surface area contributed by atoms with Crippen LogP contribution in [0.2, 0.25) is 5.02 Å². The Balaban J connectivity index is 2.36. The van der Waals surface area contributed by atoms with Crippen LogP contribution in [0.3, 0.4) is 0 Å². The predicted octanol–water partition coefficient (Wildman–Crippen LogP) is 3.42. The Kier molecular flexibility index (Phi) is 2.94. The fraction of sp³-hybridized carbons (Fsp3) is 0.455. The average molecular weight is 232 g/mol. The quantitative estimate of drug-likeness (QED) is 0.776. The van der Waals surface area contributed by atoms with Crippen LogP contribution in [0.15, 0.2) is 12.1 Å². The van der Waals surface area contributed by atoms with E-state index in [0.717, 1.165) is 31.4 Å². The highest BCUT2D eigenvalue weighted by Gasteiger charge is 2.29. The molecule has 0 aromatic heterocycles. The lowest BCUT2D eigenvalue weighted by atomic mass is 9.77. The minimum absolute atomic E-state index is 0.126. The second-order valence-electron chi connectivity index (χ2n) is 3.97. The summed E-state index contributed by atoms with van der Waals surface area (Å²) < 4.78 is 26.6. The van der Waals surface area contributed by atoms with Gasteiger partial charge in [0.25, 0.3) is 0 Å². The molecule has 0 aliphatic heterocycles. The van der Waals surface area contributed by atoms with Crippen LogP contribution >= 0.6 is 11.6 Å². The fourth-order valence-corrected chi connectivity index (χ4v) is 2.16. The lowest BCUT2D eigenvalue weighted by Gasteiger charge is -2.32. The molecule has 1 atom stereocenters. The van der Waals surface area contributed by atoms with Gasteiger partial charge in [-0.25, -0.2) is 8.78 Å². The van der Waals surface area contributed by atoms with E-state index in [-0.39, 0.29) is 16.5 Å². The monoisotopic (exact) mass is 231 g/mol. The van der Waals surface area contributed by atoms with Crippen LogP contribution in [-0.2, 0) is 0 Å². The van der Waals surface area contributed by atoms with Gasteiger partial charge >= 0.3 is 0 Å². The van der Waals surface area contributed by atoms with E-state index in [9.17, 15) is 8.78 Å². The van der Waals surface area contributed by atoms with Crippen molar-refractivity contribution < 1.29 is 8.78 Å². The summed E-state index contributed by atoms with van der Waals surface area (Å²) in [5.41, 5.74) is 6.01. The summed E-state index contributed by atoms with van der Waals surface area (Å²) >= 11 is 5.72. The Morgan fingerprint density at radius 1 is 1.27 bits per heavy atom. The van der Waals surface area contributed by atoms with Crippen molar-refractivity contribution in [3.05, 3.63) is 34.4 Å². The maximum absolute atomic E-state index is 13.5. The number of nitrogens with two attached hydrogens (primary N) is 1. The zero-order valence-corrected chi connectivity index (χ0v) is 8.90. The Bertz CT molecular complexity index is 377. The number of hydrogen-bond acceptors (Lipinski definition) is 1. The maximum atomic E-state index is 13.5. The van der Waals surface area contributed by atoms with Gasteiger partial charge in [0.15, 0.2) is 0 Å². The Hall–Kier alpha value is -0.670. The van der Waals surface area contributed by atoms with Crippen molar-refractivity contribution in [2.75, 3.05) is 0 Å². The first-order chi connectivity index (χ1) is 7.11. The van der Waals surface area contributed by atoms with Gasteiger partial charge in [0.2, 0.25) is 0 Å². The van der Waals surface area contributed by atoms with E-state index in [0.29, 0.717) is 0 Å². The Morgan fingerprint density at radius 3 is 2.40 bits per heavy atom. The molecule has 1 aromatic rings. The van der Waals surface area contributed by atoms with Crippen LogP contribution in [0, 0.1) is 17.6 Å². The van der Waals surface area contributed by atoms with E-state index in [2.05, 4.69) is 0 Å². The standard InChI is InChI=1S/C11H12ClF2N/c12-10-8(14)5-4-7(13)9(10)11(15)6-2-1-3-6/h4-6,11H,1-3,15H2/t11-/m0/s1. The smallest absolute Gasteiger partial charge is 0.142 e. The fourth-order valence-electron chi connectivity index (χ4n) is 1.88. The van der Waals surface area contributed by atoms with Crippen molar-refractivity contribution in [2.24, 2.45) is 11.7 Å². The molecule has 1 fully saturated rings. The topological polar surface area (TPSA) is 26.0 Å². The molecule has 2 rings (SSSR count). The minimum Gasteiger partial charge on any atom is -0.324 e. The number of rotatable bonds is 2. The van der Waals surface area contributed by atoms with Crippen LogP contribution in [0.1, 0.15) is 30.9 Å². The lowest BCUT2D eigenvalue weighted by Crippen LogP contribution is -2.28. The van der Waals surface area contributed by atoms with Crippen molar-refractivity contribution in [1.29, 1.82) is 0 Å². The highest BCUT2D eigenvalue weighted by Crippen LogP contribution is 2.39. The van der Waals surface area contributed by atoms with Crippen molar-refractivity contribution in [3.8, 4) is 0 Å². The SMILES string of the molecule is N[C@H](c1c(F)ccc(F)c1Cl)C1CCC1. The predicted molar refractivity (Wildman–Crippen MR) is 55.6 cm³/mol. The average Bonchev–Trinajstić information content (AvgIpc) is 2.09. The normalized spacial score (nSPS) is 18.7. The van der Waals surface area contributed by atoms with E-state index in [1.54, 1.807) is 0 Å². The van der Waals surface area contributed by atoms with Crippen molar-refractivity contribution in [1.82, 2.24) is 0 Å². The molecule has 1 saturated carbocycles. The third-order valence-electron chi connectivity index (χ3n) is 3.07. The molecule has 1 nitrogen and oxygen atoms in total. The molecule has 0 heterocycles. The molecule has 15 heavy (non-hydrogen) atoms. The summed E-state index contributed by atoms with van der Waals surface area (Å²) in [5, 5.41) is -0.172. The molecule has 82 valence electrons. The number of benzene rings is 1. The molecular formula is C11H12ClF2N. The molecule has 0 saturated heterocycles. The summed E-state index contributed by atoms with van der Waals surface area (Å²) in [6.07, 6.45) is 3.04. The van der Waals surface area contributed by atoms with Gasteiger partial charge < -0.3 is 5.73 Å². The van der Waals surface area contributed by atoms with Gasteiger partial charge in [-0.1, -0.05) is 18.0 Å². The third kappa shape index (κ3) is 1.86. The van der Waals surface area contributed by atoms with Gasteiger partial charge in [-0.3, -0.25) is 0 Å². The maximum Gasteiger partial charge on any atom is 0.142 e. The van der Waals surface area contributed by atoms with Crippen molar-refractivity contribution in [3.63, 3.8) is 0 Å². The van der Waals surface area contributed by atoms with Gasteiger partial charge in [-0.2, -0.15) is 0 Å². The molecule has 4 heteroatoms.